The molecule has 0 aliphatic carbocycles. The molecule has 1 aliphatic rings. The van der Waals surface area contributed by atoms with E-state index in [0.29, 0.717) is 24.1 Å². The maximum Gasteiger partial charge on any atom is 0.311 e. The molecule has 1 aromatic heterocycles. The Morgan fingerprint density at radius 1 is 1.27 bits per heavy atom. The molecule has 160 valence electrons. The van der Waals surface area contributed by atoms with Gasteiger partial charge in [-0.05, 0) is 42.9 Å². The van der Waals surface area contributed by atoms with Gasteiger partial charge in [-0.25, -0.2) is 4.98 Å². The zero-order valence-corrected chi connectivity index (χ0v) is 17.9. The van der Waals surface area contributed by atoms with Crippen LogP contribution in [-0.4, -0.2) is 66.4 Å². The lowest BCUT2D eigenvalue weighted by atomic mass is 10.2. The third-order valence-electron chi connectivity index (χ3n) is 4.81. The lowest BCUT2D eigenvalue weighted by molar-refractivity contribution is -0.384. The number of methoxy groups -OCH3 is 1. The zero-order valence-electron chi connectivity index (χ0n) is 17.1. The van der Waals surface area contributed by atoms with Crippen molar-refractivity contribution in [1.29, 1.82) is 0 Å². The average molecular weight is 431 g/mol. The Hall–Kier alpha value is -2.98. The van der Waals surface area contributed by atoms with Gasteiger partial charge in [-0.1, -0.05) is 12.1 Å². The molecule has 2 heterocycles. The first-order valence-electron chi connectivity index (χ1n) is 9.73. The Kier molecular flexibility index (Phi) is 7.36. The van der Waals surface area contributed by atoms with Crippen LogP contribution in [-0.2, 0) is 4.74 Å². The van der Waals surface area contributed by atoms with Crippen molar-refractivity contribution >= 4 is 40.3 Å². The van der Waals surface area contributed by atoms with Gasteiger partial charge in [0.1, 0.15) is 5.82 Å². The van der Waals surface area contributed by atoms with Crippen LogP contribution in [0.3, 0.4) is 0 Å². The van der Waals surface area contributed by atoms with E-state index in [1.807, 2.05) is 25.1 Å². The summed E-state index contributed by atoms with van der Waals surface area (Å²) >= 11 is 5.56. The second-order valence-corrected chi connectivity index (χ2v) is 7.37. The maximum atomic E-state index is 11.3. The van der Waals surface area contributed by atoms with Crippen LogP contribution in [0.2, 0.25) is 0 Å². The number of pyridine rings is 1. The van der Waals surface area contributed by atoms with Gasteiger partial charge in [-0.2, -0.15) is 0 Å². The van der Waals surface area contributed by atoms with Gasteiger partial charge in [0.15, 0.2) is 5.11 Å². The van der Waals surface area contributed by atoms with Gasteiger partial charge in [0.05, 0.1) is 11.5 Å². The summed E-state index contributed by atoms with van der Waals surface area (Å²) in [4.78, 5) is 19.6. The van der Waals surface area contributed by atoms with E-state index in [4.69, 9.17) is 17.0 Å². The Labute approximate surface area is 181 Å². The van der Waals surface area contributed by atoms with Crippen molar-refractivity contribution in [2.75, 3.05) is 62.0 Å². The number of ether oxygens (including phenoxy) is 1. The molecule has 0 radical (unpaired) electrons. The topological polar surface area (TPSA) is 95.8 Å². The van der Waals surface area contributed by atoms with E-state index < -0.39 is 4.92 Å². The number of benzene rings is 1. The van der Waals surface area contributed by atoms with Crippen LogP contribution < -0.4 is 15.5 Å². The van der Waals surface area contributed by atoms with Gasteiger partial charge >= 0.3 is 5.69 Å². The molecule has 1 aromatic carbocycles. The van der Waals surface area contributed by atoms with Gasteiger partial charge in [0, 0.05) is 51.6 Å². The largest absolute Gasteiger partial charge is 0.383 e. The molecule has 1 fully saturated rings. The van der Waals surface area contributed by atoms with Crippen molar-refractivity contribution in [1.82, 2.24) is 9.88 Å². The van der Waals surface area contributed by atoms with E-state index in [1.54, 1.807) is 13.2 Å². The minimum atomic E-state index is -0.431. The van der Waals surface area contributed by atoms with Crippen LogP contribution in [0.25, 0.3) is 0 Å². The lowest BCUT2D eigenvalue weighted by Gasteiger charge is -2.36. The number of hydrogen-bond donors (Lipinski definition) is 2. The van der Waals surface area contributed by atoms with E-state index >= 15 is 0 Å². The molecule has 0 amide bonds. The molecule has 1 saturated heterocycles. The van der Waals surface area contributed by atoms with Crippen molar-refractivity contribution in [3.8, 4) is 0 Å². The predicted molar refractivity (Wildman–Crippen MR) is 122 cm³/mol. The smallest absolute Gasteiger partial charge is 0.311 e. The molecule has 0 bridgehead atoms. The van der Waals surface area contributed by atoms with E-state index in [0.717, 1.165) is 31.9 Å². The number of piperazine rings is 1. The molecule has 2 aromatic rings. The predicted octanol–water partition coefficient (Wildman–Crippen LogP) is 2.88. The summed E-state index contributed by atoms with van der Waals surface area (Å²) in [5.41, 5.74) is 2.11. The molecule has 1 aliphatic heterocycles. The third-order valence-corrected chi connectivity index (χ3v) is 5.18. The molecule has 30 heavy (non-hydrogen) atoms. The number of thiocarbonyl (C=S) groups is 1. The second kappa shape index (κ2) is 10.2. The monoisotopic (exact) mass is 430 g/mol. The normalized spacial score (nSPS) is 13.8. The Morgan fingerprint density at radius 2 is 2.03 bits per heavy atom. The van der Waals surface area contributed by atoms with Gasteiger partial charge < -0.3 is 25.2 Å². The average Bonchev–Trinajstić information content (AvgIpc) is 2.74. The number of nitrogens with one attached hydrogen (secondary N) is 2. The van der Waals surface area contributed by atoms with Crippen molar-refractivity contribution in [2.45, 2.75) is 6.92 Å². The fraction of sp³-hybridized carbons (Fsp3) is 0.400. The summed E-state index contributed by atoms with van der Waals surface area (Å²) in [6.45, 7) is 5.84. The lowest BCUT2D eigenvalue weighted by Crippen LogP contribution is -2.50. The fourth-order valence-corrected chi connectivity index (χ4v) is 3.53. The van der Waals surface area contributed by atoms with Crippen LogP contribution in [0, 0.1) is 17.0 Å². The van der Waals surface area contributed by atoms with Gasteiger partial charge in [0.2, 0.25) is 5.82 Å². The highest BCUT2D eigenvalue weighted by Gasteiger charge is 2.23. The molecule has 0 unspecified atom stereocenters. The number of aromatic nitrogens is 1. The Morgan fingerprint density at radius 3 is 2.70 bits per heavy atom. The van der Waals surface area contributed by atoms with Crippen LogP contribution >= 0.6 is 12.2 Å². The van der Waals surface area contributed by atoms with Crippen LogP contribution in [0.5, 0.6) is 0 Å². The standard InChI is InChI=1S/C20H26N6O3S/c1-15-4-3-5-16(14-15)22-20(30)25-11-9-24(10-12-25)18-7-6-17(26(27)28)19(23-18)21-8-13-29-2/h3-7,14H,8-13H2,1-2H3,(H,21,23)(H,22,30). The number of hydrogen-bond acceptors (Lipinski definition) is 7. The van der Waals surface area contributed by atoms with Gasteiger partial charge in [-0.15, -0.1) is 0 Å². The van der Waals surface area contributed by atoms with E-state index in [2.05, 4.69) is 31.5 Å². The highest BCUT2D eigenvalue weighted by atomic mass is 32.1. The maximum absolute atomic E-state index is 11.3. The number of nitro groups is 1. The number of anilines is 3. The summed E-state index contributed by atoms with van der Waals surface area (Å²) in [6.07, 6.45) is 0. The summed E-state index contributed by atoms with van der Waals surface area (Å²) in [5.74, 6) is 0.964. The SMILES string of the molecule is COCCNc1nc(N2CCN(C(=S)Nc3cccc(C)c3)CC2)ccc1[N+](=O)[O-]. The quantitative estimate of drug-likeness (QED) is 0.297. The van der Waals surface area contributed by atoms with E-state index in [9.17, 15) is 10.1 Å². The van der Waals surface area contributed by atoms with Crippen molar-refractivity contribution in [3.63, 3.8) is 0 Å². The van der Waals surface area contributed by atoms with E-state index in [-0.39, 0.29) is 11.5 Å². The molecular weight excluding hydrogens is 404 g/mol. The zero-order chi connectivity index (χ0) is 21.5. The van der Waals surface area contributed by atoms with Crippen molar-refractivity contribution < 1.29 is 9.66 Å². The molecule has 2 N–H and O–H groups in total. The van der Waals surface area contributed by atoms with Gasteiger partial charge in [-0.3, -0.25) is 10.1 Å². The molecule has 0 saturated carbocycles. The summed E-state index contributed by atoms with van der Waals surface area (Å²) in [6, 6.07) is 11.3. The minimum absolute atomic E-state index is 0.0444. The molecule has 0 spiro atoms. The molecule has 10 heteroatoms. The summed E-state index contributed by atoms with van der Waals surface area (Å²) in [5, 5.41) is 18.3. The first-order valence-corrected chi connectivity index (χ1v) is 10.1. The third kappa shape index (κ3) is 5.55. The number of rotatable bonds is 7. The first kappa shape index (κ1) is 21.7. The Bertz CT molecular complexity index is 902. The van der Waals surface area contributed by atoms with E-state index in [1.165, 1.54) is 11.6 Å². The Balaban J connectivity index is 1.61. The molecule has 3 rings (SSSR count). The van der Waals surface area contributed by atoms with Crippen molar-refractivity contribution in [3.05, 3.63) is 52.1 Å². The first-order chi connectivity index (χ1) is 14.5. The highest BCUT2D eigenvalue weighted by Crippen LogP contribution is 2.26. The molecule has 0 atom stereocenters. The second-order valence-electron chi connectivity index (χ2n) is 6.99. The highest BCUT2D eigenvalue weighted by molar-refractivity contribution is 7.80. The fourth-order valence-electron chi connectivity index (χ4n) is 3.23. The van der Waals surface area contributed by atoms with Crippen LogP contribution in [0.15, 0.2) is 36.4 Å². The summed E-state index contributed by atoms with van der Waals surface area (Å²) in [7, 11) is 1.58. The van der Waals surface area contributed by atoms with Crippen LogP contribution in [0.4, 0.5) is 23.0 Å². The summed E-state index contributed by atoms with van der Waals surface area (Å²) < 4.78 is 5.00. The number of nitrogens with zero attached hydrogens (tertiary/aromatic N) is 4. The molecular formula is C20H26N6O3S. The van der Waals surface area contributed by atoms with Crippen LogP contribution in [0.1, 0.15) is 5.56 Å². The van der Waals surface area contributed by atoms with Gasteiger partial charge in [0.25, 0.3) is 0 Å². The van der Waals surface area contributed by atoms with Crippen molar-refractivity contribution in [2.24, 2.45) is 0 Å². The minimum Gasteiger partial charge on any atom is -0.383 e. The number of aryl methyl sites for hydroxylation is 1. The molecule has 9 nitrogen and oxygen atoms in total.